The number of anilines is 1. The van der Waals surface area contributed by atoms with Gasteiger partial charge in [0, 0.05) is 18.8 Å². The van der Waals surface area contributed by atoms with Crippen LogP contribution in [0.4, 0.5) is 10.1 Å². The Bertz CT molecular complexity index is 602. The third kappa shape index (κ3) is 3.11. The van der Waals surface area contributed by atoms with Crippen LogP contribution in [0.2, 0.25) is 0 Å². The van der Waals surface area contributed by atoms with Gasteiger partial charge in [-0.15, -0.1) is 0 Å². The van der Waals surface area contributed by atoms with E-state index in [0.717, 1.165) is 17.8 Å². The molecule has 0 amide bonds. The van der Waals surface area contributed by atoms with E-state index < -0.39 is 0 Å². The summed E-state index contributed by atoms with van der Waals surface area (Å²) in [5.74, 6) is -0.246. The zero-order chi connectivity index (χ0) is 13.7. The highest BCUT2D eigenvalue weighted by atomic mass is 19.1. The van der Waals surface area contributed by atoms with Crippen LogP contribution in [0.5, 0.6) is 0 Å². The first-order valence-corrected chi connectivity index (χ1v) is 6.23. The lowest BCUT2D eigenvalue weighted by Gasteiger charge is -2.23. The van der Waals surface area contributed by atoms with Crippen molar-refractivity contribution in [1.82, 2.24) is 0 Å². The largest absolute Gasteiger partial charge is 0.367 e. The van der Waals surface area contributed by atoms with Crippen LogP contribution in [-0.4, -0.2) is 6.54 Å². The van der Waals surface area contributed by atoms with E-state index in [2.05, 4.69) is 6.07 Å². The van der Waals surface area contributed by atoms with E-state index in [1.807, 2.05) is 36.1 Å². The molecule has 0 N–H and O–H groups in total. The molecule has 0 aliphatic heterocycles. The molecule has 0 saturated carbocycles. The van der Waals surface area contributed by atoms with Crippen LogP contribution in [-0.2, 0) is 6.54 Å². The summed E-state index contributed by atoms with van der Waals surface area (Å²) in [4.78, 5) is 2.04. The van der Waals surface area contributed by atoms with Crippen molar-refractivity contribution in [2.75, 3.05) is 11.4 Å². The van der Waals surface area contributed by atoms with E-state index in [9.17, 15) is 4.39 Å². The molecule has 0 unspecified atom stereocenters. The Hall–Kier alpha value is -2.34. The van der Waals surface area contributed by atoms with Crippen molar-refractivity contribution < 1.29 is 4.39 Å². The standard InChI is InChI=1S/C16H15FN2/c1-2-19(16-9-5-8-15(17)10-16)12-14-7-4-3-6-13(14)11-18/h3-10H,2,12H2,1H3. The zero-order valence-electron chi connectivity index (χ0n) is 10.8. The molecule has 0 fully saturated rings. The summed E-state index contributed by atoms with van der Waals surface area (Å²) in [6.45, 7) is 3.37. The van der Waals surface area contributed by atoms with Gasteiger partial charge in [0.25, 0.3) is 0 Å². The lowest BCUT2D eigenvalue weighted by atomic mass is 10.1. The number of rotatable bonds is 4. The highest BCUT2D eigenvalue weighted by Gasteiger charge is 2.08. The number of hydrogen-bond donors (Lipinski definition) is 0. The second kappa shape index (κ2) is 6.01. The maximum absolute atomic E-state index is 13.3. The van der Waals surface area contributed by atoms with Crippen LogP contribution < -0.4 is 4.90 Å². The smallest absolute Gasteiger partial charge is 0.125 e. The summed E-state index contributed by atoms with van der Waals surface area (Å²) in [5.41, 5.74) is 2.45. The number of nitriles is 1. The quantitative estimate of drug-likeness (QED) is 0.831. The van der Waals surface area contributed by atoms with Crippen LogP contribution in [0.25, 0.3) is 0 Å². The van der Waals surface area contributed by atoms with Crippen molar-refractivity contribution in [3.05, 3.63) is 65.5 Å². The van der Waals surface area contributed by atoms with E-state index in [1.54, 1.807) is 12.1 Å². The van der Waals surface area contributed by atoms with Crippen LogP contribution in [0.15, 0.2) is 48.5 Å². The van der Waals surface area contributed by atoms with E-state index in [0.29, 0.717) is 12.1 Å². The monoisotopic (exact) mass is 254 g/mol. The molecule has 0 bridgehead atoms. The molecule has 2 rings (SSSR count). The second-order valence-electron chi connectivity index (χ2n) is 4.26. The number of benzene rings is 2. The average Bonchev–Trinajstić information content (AvgIpc) is 2.45. The van der Waals surface area contributed by atoms with Crippen LogP contribution in [0.1, 0.15) is 18.1 Å². The van der Waals surface area contributed by atoms with E-state index in [1.165, 1.54) is 12.1 Å². The van der Waals surface area contributed by atoms with Gasteiger partial charge in [-0.3, -0.25) is 0 Å². The van der Waals surface area contributed by atoms with Gasteiger partial charge in [0.1, 0.15) is 5.82 Å². The number of hydrogen-bond acceptors (Lipinski definition) is 2. The highest BCUT2D eigenvalue weighted by Crippen LogP contribution is 2.19. The van der Waals surface area contributed by atoms with Crippen molar-refractivity contribution in [2.45, 2.75) is 13.5 Å². The van der Waals surface area contributed by atoms with Gasteiger partial charge < -0.3 is 4.90 Å². The van der Waals surface area contributed by atoms with Crippen molar-refractivity contribution in [2.24, 2.45) is 0 Å². The first-order chi connectivity index (χ1) is 9.24. The van der Waals surface area contributed by atoms with Crippen LogP contribution in [0.3, 0.4) is 0 Å². The summed E-state index contributed by atoms with van der Waals surface area (Å²) in [6, 6.07) is 16.2. The lowest BCUT2D eigenvalue weighted by Crippen LogP contribution is -2.22. The summed E-state index contributed by atoms with van der Waals surface area (Å²) in [6.07, 6.45) is 0. The summed E-state index contributed by atoms with van der Waals surface area (Å²) in [5, 5.41) is 9.09. The second-order valence-corrected chi connectivity index (χ2v) is 4.26. The van der Waals surface area contributed by atoms with Gasteiger partial charge in [-0.1, -0.05) is 24.3 Å². The molecule has 0 heterocycles. The van der Waals surface area contributed by atoms with Gasteiger partial charge in [0.2, 0.25) is 0 Å². The van der Waals surface area contributed by atoms with Crippen molar-refractivity contribution in [1.29, 1.82) is 5.26 Å². The molecule has 0 spiro atoms. The highest BCUT2D eigenvalue weighted by molar-refractivity contribution is 5.48. The first kappa shape index (κ1) is 13.1. The van der Waals surface area contributed by atoms with E-state index in [4.69, 9.17) is 5.26 Å². The normalized spacial score (nSPS) is 9.95. The molecule has 2 aromatic carbocycles. The maximum atomic E-state index is 13.3. The Balaban J connectivity index is 2.27. The van der Waals surface area contributed by atoms with E-state index >= 15 is 0 Å². The molecule has 3 heteroatoms. The summed E-state index contributed by atoms with van der Waals surface area (Å²) in [7, 11) is 0. The van der Waals surface area contributed by atoms with Crippen molar-refractivity contribution in [3.8, 4) is 6.07 Å². The van der Waals surface area contributed by atoms with Gasteiger partial charge >= 0.3 is 0 Å². The Morgan fingerprint density at radius 2 is 1.95 bits per heavy atom. The van der Waals surface area contributed by atoms with Gasteiger partial charge in [-0.2, -0.15) is 5.26 Å². The molecule has 0 aliphatic carbocycles. The van der Waals surface area contributed by atoms with E-state index in [-0.39, 0.29) is 5.82 Å². The Morgan fingerprint density at radius 3 is 2.63 bits per heavy atom. The molecule has 0 aliphatic rings. The van der Waals surface area contributed by atoms with Crippen molar-refractivity contribution in [3.63, 3.8) is 0 Å². The first-order valence-electron chi connectivity index (χ1n) is 6.23. The topological polar surface area (TPSA) is 27.0 Å². The fraction of sp³-hybridized carbons (Fsp3) is 0.188. The molecule has 0 aromatic heterocycles. The maximum Gasteiger partial charge on any atom is 0.125 e. The third-order valence-electron chi connectivity index (χ3n) is 3.05. The van der Waals surface area contributed by atoms with Crippen LogP contribution in [0, 0.1) is 17.1 Å². The molecule has 0 radical (unpaired) electrons. The fourth-order valence-corrected chi connectivity index (χ4v) is 2.03. The van der Waals surface area contributed by atoms with Gasteiger partial charge in [0.15, 0.2) is 0 Å². The Labute approximate surface area is 112 Å². The van der Waals surface area contributed by atoms with Crippen LogP contribution >= 0.6 is 0 Å². The predicted octanol–water partition coefficient (Wildman–Crippen LogP) is 3.72. The SMILES string of the molecule is CCN(Cc1ccccc1C#N)c1cccc(F)c1. The molecule has 19 heavy (non-hydrogen) atoms. The minimum Gasteiger partial charge on any atom is -0.367 e. The molecule has 2 nitrogen and oxygen atoms in total. The number of halogens is 1. The minimum absolute atomic E-state index is 0.246. The van der Waals surface area contributed by atoms with Gasteiger partial charge in [0.05, 0.1) is 11.6 Å². The molecular formula is C16H15FN2. The molecule has 96 valence electrons. The summed E-state index contributed by atoms with van der Waals surface area (Å²) < 4.78 is 13.3. The third-order valence-corrected chi connectivity index (χ3v) is 3.05. The minimum atomic E-state index is -0.246. The predicted molar refractivity (Wildman–Crippen MR) is 74.3 cm³/mol. The Morgan fingerprint density at radius 1 is 1.16 bits per heavy atom. The summed E-state index contributed by atoms with van der Waals surface area (Å²) >= 11 is 0. The molecule has 0 atom stereocenters. The van der Waals surface area contributed by atoms with Gasteiger partial charge in [-0.25, -0.2) is 4.39 Å². The van der Waals surface area contributed by atoms with Crippen molar-refractivity contribution >= 4 is 5.69 Å². The molecular weight excluding hydrogens is 239 g/mol. The fourth-order valence-electron chi connectivity index (χ4n) is 2.03. The number of nitrogens with zero attached hydrogens (tertiary/aromatic N) is 2. The molecule has 0 saturated heterocycles. The zero-order valence-corrected chi connectivity index (χ0v) is 10.8. The lowest BCUT2D eigenvalue weighted by molar-refractivity contribution is 0.626. The average molecular weight is 254 g/mol. The molecule has 2 aromatic rings. The van der Waals surface area contributed by atoms with Gasteiger partial charge in [-0.05, 0) is 36.8 Å². The Kier molecular flexibility index (Phi) is 4.15.